The summed E-state index contributed by atoms with van der Waals surface area (Å²) in [6.07, 6.45) is 5.10. The Bertz CT molecular complexity index is 300. The fourth-order valence-electron chi connectivity index (χ4n) is 4.14. The van der Waals surface area contributed by atoms with Gasteiger partial charge < -0.3 is 5.11 Å². The zero-order chi connectivity index (χ0) is 9.92. The quantitative estimate of drug-likeness (QED) is 0.648. The maximum Gasteiger partial charge on any atom is 0.309 e. The predicted molar refractivity (Wildman–Crippen MR) is 52.8 cm³/mol. The van der Waals surface area contributed by atoms with Gasteiger partial charge in [-0.2, -0.15) is 0 Å². The first-order valence-corrected chi connectivity index (χ1v) is 5.53. The van der Waals surface area contributed by atoms with Gasteiger partial charge in [0.05, 0.1) is 5.41 Å². The first kappa shape index (κ1) is 8.51. The van der Waals surface area contributed by atoms with Gasteiger partial charge in [-0.05, 0) is 49.9 Å². The highest BCUT2D eigenvalue weighted by molar-refractivity contribution is 5.75. The summed E-state index contributed by atoms with van der Waals surface area (Å²) in [6, 6.07) is 0. The molecule has 4 fully saturated rings. The Balaban J connectivity index is 2.00. The SMILES string of the molecule is C=C1C2CC3CC1CC(C(=O)O)(C3)C2. The molecule has 4 saturated carbocycles. The molecule has 4 bridgehead atoms. The van der Waals surface area contributed by atoms with Gasteiger partial charge in [0, 0.05) is 0 Å². The maximum absolute atomic E-state index is 11.3. The van der Waals surface area contributed by atoms with Crippen molar-refractivity contribution in [2.45, 2.75) is 32.1 Å². The Morgan fingerprint density at radius 1 is 1.29 bits per heavy atom. The van der Waals surface area contributed by atoms with E-state index < -0.39 is 5.97 Å². The largest absolute Gasteiger partial charge is 0.481 e. The third-order valence-corrected chi connectivity index (χ3v) is 4.69. The number of carboxylic acid groups (broad SMARTS) is 1. The van der Waals surface area contributed by atoms with Crippen LogP contribution in [0.5, 0.6) is 0 Å². The molecule has 0 heterocycles. The third kappa shape index (κ3) is 0.891. The van der Waals surface area contributed by atoms with E-state index in [1.807, 2.05) is 0 Å². The Kier molecular flexibility index (Phi) is 1.47. The van der Waals surface area contributed by atoms with Gasteiger partial charge in [-0.15, -0.1) is 0 Å². The van der Waals surface area contributed by atoms with E-state index >= 15 is 0 Å². The van der Waals surface area contributed by atoms with Crippen molar-refractivity contribution in [3.8, 4) is 0 Å². The second-order valence-corrected chi connectivity index (χ2v) is 5.50. The van der Waals surface area contributed by atoms with Crippen LogP contribution in [-0.4, -0.2) is 11.1 Å². The van der Waals surface area contributed by atoms with Crippen LogP contribution in [0.1, 0.15) is 32.1 Å². The summed E-state index contributed by atoms with van der Waals surface area (Å²) in [7, 11) is 0. The van der Waals surface area contributed by atoms with Crippen LogP contribution in [0.4, 0.5) is 0 Å². The molecule has 0 saturated heterocycles. The molecule has 0 amide bonds. The smallest absolute Gasteiger partial charge is 0.309 e. The minimum Gasteiger partial charge on any atom is -0.481 e. The molecule has 0 aromatic rings. The van der Waals surface area contributed by atoms with E-state index in [-0.39, 0.29) is 5.41 Å². The summed E-state index contributed by atoms with van der Waals surface area (Å²) < 4.78 is 0. The molecule has 4 rings (SSSR count). The minimum atomic E-state index is -0.551. The van der Waals surface area contributed by atoms with E-state index in [1.54, 1.807) is 0 Å². The summed E-state index contributed by atoms with van der Waals surface area (Å²) in [5.41, 5.74) is 0.996. The molecule has 4 aliphatic rings. The zero-order valence-electron chi connectivity index (χ0n) is 8.33. The lowest BCUT2D eigenvalue weighted by Gasteiger charge is -2.55. The van der Waals surface area contributed by atoms with Crippen LogP contribution in [0.15, 0.2) is 12.2 Å². The van der Waals surface area contributed by atoms with E-state index in [1.165, 1.54) is 18.4 Å². The van der Waals surface area contributed by atoms with Crippen molar-refractivity contribution in [1.82, 2.24) is 0 Å². The van der Waals surface area contributed by atoms with Crippen molar-refractivity contribution in [3.63, 3.8) is 0 Å². The molecule has 0 aromatic heterocycles. The number of allylic oxidation sites excluding steroid dienone is 1. The van der Waals surface area contributed by atoms with Gasteiger partial charge in [0.2, 0.25) is 0 Å². The standard InChI is InChI=1S/C12H16O2/c1-7-9-2-8-3-10(7)6-12(4-8,5-9)11(13)14/h8-10H,1-6H2,(H,13,14). The van der Waals surface area contributed by atoms with E-state index in [9.17, 15) is 9.90 Å². The fourth-order valence-corrected chi connectivity index (χ4v) is 4.14. The van der Waals surface area contributed by atoms with E-state index in [0.29, 0.717) is 17.8 Å². The summed E-state index contributed by atoms with van der Waals surface area (Å²) in [6.45, 7) is 4.15. The van der Waals surface area contributed by atoms with E-state index in [4.69, 9.17) is 0 Å². The molecule has 2 heteroatoms. The first-order valence-electron chi connectivity index (χ1n) is 5.53. The number of aliphatic carboxylic acids is 1. The van der Waals surface area contributed by atoms with Gasteiger partial charge in [0.1, 0.15) is 0 Å². The second-order valence-electron chi connectivity index (χ2n) is 5.50. The predicted octanol–water partition coefficient (Wildman–Crippen LogP) is 2.45. The molecule has 1 N–H and O–H groups in total. The lowest BCUT2D eigenvalue weighted by Crippen LogP contribution is -2.50. The van der Waals surface area contributed by atoms with E-state index in [0.717, 1.165) is 19.3 Å². The van der Waals surface area contributed by atoms with Gasteiger partial charge >= 0.3 is 5.97 Å². The van der Waals surface area contributed by atoms with Crippen LogP contribution in [0.3, 0.4) is 0 Å². The Morgan fingerprint density at radius 3 is 2.36 bits per heavy atom. The van der Waals surface area contributed by atoms with E-state index in [2.05, 4.69) is 6.58 Å². The number of carbonyl (C=O) groups is 1. The van der Waals surface area contributed by atoms with Crippen LogP contribution in [0, 0.1) is 23.2 Å². The van der Waals surface area contributed by atoms with Crippen LogP contribution in [0.2, 0.25) is 0 Å². The van der Waals surface area contributed by atoms with Crippen molar-refractivity contribution in [3.05, 3.63) is 12.2 Å². The molecule has 2 atom stereocenters. The van der Waals surface area contributed by atoms with Gasteiger partial charge in [0.25, 0.3) is 0 Å². The van der Waals surface area contributed by atoms with Crippen molar-refractivity contribution in [2.24, 2.45) is 23.2 Å². The highest BCUT2D eigenvalue weighted by atomic mass is 16.4. The number of hydrogen-bond donors (Lipinski definition) is 1. The molecular weight excluding hydrogens is 176 g/mol. The van der Waals surface area contributed by atoms with Crippen LogP contribution < -0.4 is 0 Å². The monoisotopic (exact) mass is 192 g/mol. The van der Waals surface area contributed by atoms with Crippen molar-refractivity contribution in [2.75, 3.05) is 0 Å². The number of carboxylic acids is 1. The molecule has 0 spiro atoms. The summed E-state index contributed by atoms with van der Waals surface area (Å²) in [5, 5.41) is 9.34. The van der Waals surface area contributed by atoms with Crippen molar-refractivity contribution >= 4 is 5.97 Å². The lowest BCUT2D eigenvalue weighted by molar-refractivity contribution is -0.160. The minimum absolute atomic E-state index is 0.363. The highest BCUT2D eigenvalue weighted by Crippen LogP contribution is 2.61. The Hall–Kier alpha value is -0.790. The lowest BCUT2D eigenvalue weighted by atomic mass is 9.48. The highest BCUT2D eigenvalue weighted by Gasteiger charge is 2.56. The molecule has 14 heavy (non-hydrogen) atoms. The van der Waals surface area contributed by atoms with Gasteiger partial charge in [-0.1, -0.05) is 12.2 Å². The van der Waals surface area contributed by atoms with Gasteiger partial charge in [-0.3, -0.25) is 4.79 Å². The molecule has 4 aliphatic carbocycles. The van der Waals surface area contributed by atoms with Crippen molar-refractivity contribution in [1.29, 1.82) is 0 Å². The molecule has 76 valence electrons. The topological polar surface area (TPSA) is 37.3 Å². The zero-order valence-corrected chi connectivity index (χ0v) is 8.33. The average molecular weight is 192 g/mol. The first-order chi connectivity index (χ1) is 6.61. The fraction of sp³-hybridized carbons (Fsp3) is 0.750. The molecule has 0 aliphatic heterocycles. The summed E-state index contributed by atoms with van der Waals surface area (Å²) in [5.74, 6) is 1.17. The number of hydrogen-bond acceptors (Lipinski definition) is 1. The number of rotatable bonds is 1. The maximum atomic E-state index is 11.3. The van der Waals surface area contributed by atoms with Crippen LogP contribution in [0.25, 0.3) is 0 Å². The second kappa shape index (κ2) is 2.41. The Labute approximate surface area is 84.0 Å². The Morgan fingerprint density at radius 2 is 1.86 bits per heavy atom. The average Bonchev–Trinajstić information content (AvgIpc) is 2.12. The molecular formula is C12H16O2. The summed E-state index contributed by atoms with van der Waals surface area (Å²) in [4.78, 5) is 11.3. The van der Waals surface area contributed by atoms with Crippen molar-refractivity contribution < 1.29 is 9.90 Å². The summed E-state index contributed by atoms with van der Waals surface area (Å²) >= 11 is 0. The molecule has 0 aromatic carbocycles. The molecule has 2 nitrogen and oxygen atoms in total. The van der Waals surface area contributed by atoms with Crippen LogP contribution in [-0.2, 0) is 4.79 Å². The third-order valence-electron chi connectivity index (χ3n) is 4.69. The molecule has 0 radical (unpaired) electrons. The van der Waals surface area contributed by atoms with Gasteiger partial charge in [0.15, 0.2) is 0 Å². The molecule has 2 unspecified atom stereocenters. The normalized spacial score (nSPS) is 49.7. The van der Waals surface area contributed by atoms with Crippen LogP contribution >= 0.6 is 0 Å². The van der Waals surface area contributed by atoms with Gasteiger partial charge in [-0.25, -0.2) is 0 Å².